The minimum Gasteiger partial charge on any atom is -1.00 e. The summed E-state index contributed by atoms with van der Waals surface area (Å²) in [5.74, 6) is 0. The molecule has 0 aromatic heterocycles. The largest absolute Gasteiger partial charge is 1.00 e. The molecule has 0 aromatic carbocycles. The summed E-state index contributed by atoms with van der Waals surface area (Å²) in [6, 6.07) is 0. The fourth-order valence-corrected chi connectivity index (χ4v) is 8.15. The van der Waals surface area contributed by atoms with Gasteiger partial charge in [0.2, 0.25) is 0 Å². The van der Waals surface area contributed by atoms with Crippen LogP contribution >= 0.6 is 11.1 Å². The van der Waals surface area contributed by atoms with Gasteiger partial charge in [-0.15, -0.1) is 0 Å². The zero-order valence-electron chi connectivity index (χ0n) is 6.70. The molecule has 1 rings (SSSR count). The minimum atomic E-state index is -1.23. The summed E-state index contributed by atoms with van der Waals surface area (Å²) in [5, 5.41) is -1.23. The molecular formula is C7H11Cl2SiTi. The predicted octanol–water partition coefficient (Wildman–Crippen LogP) is -0.143. The normalized spacial score (nSPS) is 15.4. The summed E-state index contributed by atoms with van der Waals surface area (Å²) in [5.41, 5.74) is 0. The van der Waals surface area contributed by atoms with Crippen LogP contribution in [0.4, 0.5) is 0 Å². The molecule has 0 saturated carbocycles. The first-order valence-corrected chi connectivity index (χ1v) is 10.5. The van der Waals surface area contributed by atoms with Crippen LogP contribution in [0.5, 0.6) is 0 Å². The van der Waals surface area contributed by atoms with Crippen LogP contribution in [0.2, 0.25) is 13.1 Å². The summed E-state index contributed by atoms with van der Waals surface area (Å²) in [7, 11) is 0. The Bertz CT molecular complexity index is 181. The van der Waals surface area contributed by atoms with E-state index in [4.69, 9.17) is 11.1 Å². The molecule has 0 spiro atoms. The number of allylic oxidation sites excluding steroid dienone is 4. The molecule has 0 aliphatic heterocycles. The second kappa shape index (κ2) is 4.88. The van der Waals surface area contributed by atoms with Gasteiger partial charge in [0, 0.05) is 0 Å². The van der Waals surface area contributed by atoms with Gasteiger partial charge in [0.15, 0.2) is 0 Å². The first kappa shape index (κ1) is 12.0. The second-order valence-corrected chi connectivity index (χ2v) is 18.5. The van der Waals surface area contributed by atoms with E-state index < -0.39 is 5.25 Å². The molecular weight excluding hydrogens is 231 g/mol. The van der Waals surface area contributed by atoms with Crippen molar-refractivity contribution in [1.82, 2.24) is 0 Å². The van der Waals surface area contributed by atoms with Crippen molar-refractivity contribution in [2.75, 3.05) is 0 Å². The Morgan fingerprint density at radius 3 is 2.55 bits per heavy atom. The fraction of sp³-hybridized carbons (Fsp3) is 0.429. The summed E-state index contributed by atoms with van der Waals surface area (Å²) >= 11 is 6.29. The Hall–Kier alpha value is 0.991. The van der Waals surface area contributed by atoms with Crippen LogP contribution in [-0.4, -0.2) is 5.25 Å². The Morgan fingerprint density at radius 1 is 1.55 bits per heavy atom. The van der Waals surface area contributed by atoms with Crippen LogP contribution in [0.15, 0.2) is 22.1 Å². The van der Waals surface area contributed by atoms with Gasteiger partial charge < -0.3 is 12.4 Å². The molecule has 1 aliphatic carbocycles. The van der Waals surface area contributed by atoms with Crippen molar-refractivity contribution in [3.05, 3.63) is 22.1 Å². The van der Waals surface area contributed by atoms with E-state index >= 15 is 0 Å². The number of halogens is 2. The van der Waals surface area contributed by atoms with Gasteiger partial charge in [-0.25, -0.2) is 0 Å². The van der Waals surface area contributed by atoms with E-state index in [-0.39, 0.29) is 30.8 Å². The Kier molecular flexibility index (Phi) is 5.32. The predicted molar refractivity (Wildman–Crippen MR) is 45.2 cm³/mol. The van der Waals surface area contributed by atoms with Crippen molar-refractivity contribution < 1.29 is 30.8 Å². The van der Waals surface area contributed by atoms with Crippen LogP contribution in [0.25, 0.3) is 0 Å². The summed E-state index contributed by atoms with van der Waals surface area (Å²) in [6.45, 7) is 4.49. The molecule has 0 unspecified atom stereocenters. The van der Waals surface area contributed by atoms with Crippen molar-refractivity contribution in [1.29, 1.82) is 0 Å². The number of hydrogen-bond acceptors (Lipinski definition) is 0. The number of rotatable bonds is 2. The van der Waals surface area contributed by atoms with Gasteiger partial charge in [0.1, 0.15) is 0 Å². The Balaban J connectivity index is 0.000001000. The zero-order valence-corrected chi connectivity index (χ0v) is 10.8. The maximum absolute atomic E-state index is 6.24. The summed E-state index contributed by atoms with van der Waals surface area (Å²) in [6.07, 6.45) is 7.80. The van der Waals surface area contributed by atoms with E-state index in [1.54, 1.807) is 3.88 Å². The summed E-state index contributed by atoms with van der Waals surface area (Å²) < 4.78 is 1.63. The van der Waals surface area contributed by atoms with Gasteiger partial charge in [-0.05, 0) is 0 Å². The van der Waals surface area contributed by atoms with Crippen LogP contribution in [0.3, 0.4) is 0 Å². The molecule has 0 radical (unpaired) electrons. The SMILES string of the molecule is C[Si](C)(Cl)[Ti+][C]1=CC=CC1.[Cl-]. The maximum atomic E-state index is 6.24. The standard InChI is InChI=1S/C5H5.C2H6ClSi.ClH.Ti/c1-2-4-5-3-1;1-4(2)3;;/h1-3H,4H2;1-2H3;1H;/q;;;+1/p-1. The van der Waals surface area contributed by atoms with Crippen LogP contribution in [-0.2, 0) is 18.4 Å². The molecule has 0 aromatic rings. The fourth-order valence-electron chi connectivity index (χ4n) is 0.922. The smallest absolute Gasteiger partial charge is 1.00 e. The third-order valence-electron chi connectivity index (χ3n) is 1.23. The molecule has 0 amide bonds. The van der Waals surface area contributed by atoms with E-state index in [1.165, 1.54) is 6.42 Å². The summed E-state index contributed by atoms with van der Waals surface area (Å²) in [4.78, 5) is 0. The van der Waals surface area contributed by atoms with E-state index in [2.05, 4.69) is 31.3 Å². The molecule has 0 N–H and O–H groups in total. The third kappa shape index (κ3) is 5.26. The molecule has 0 nitrogen and oxygen atoms in total. The molecule has 11 heavy (non-hydrogen) atoms. The average Bonchev–Trinajstić information content (AvgIpc) is 2.12. The zero-order chi connectivity index (χ0) is 7.61. The van der Waals surface area contributed by atoms with Crippen LogP contribution in [0.1, 0.15) is 6.42 Å². The van der Waals surface area contributed by atoms with E-state index in [1.807, 2.05) is 0 Å². The Morgan fingerprint density at radius 2 is 2.18 bits per heavy atom. The minimum absolute atomic E-state index is 0. The van der Waals surface area contributed by atoms with Crippen molar-refractivity contribution in [3.63, 3.8) is 0 Å². The van der Waals surface area contributed by atoms with E-state index in [0.717, 1.165) is 0 Å². The molecule has 0 bridgehead atoms. The quantitative estimate of drug-likeness (QED) is 0.467. The first-order chi connectivity index (χ1) is 4.58. The van der Waals surface area contributed by atoms with Gasteiger partial charge >= 0.3 is 76.4 Å². The Labute approximate surface area is 88.3 Å². The van der Waals surface area contributed by atoms with Crippen molar-refractivity contribution in [2.45, 2.75) is 19.5 Å². The van der Waals surface area contributed by atoms with Crippen molar-refractivity contribution in [3.8, 4) is 0 Å². The van der Waals surface area contributed by atoms with Crippen LogP contribution < -0.4 is 12.4 Å². The maximum Gasteiger partial charge on any atom is -1.00 e. The van der Waals surface area contributed by atoms with Crippen LogP contribution in [0, 0.1) is 0 Å². The van der Waals surface area contributed by atoms with Crippen molar-refractivity contribution >= 4 is 16.3 Å². The molecule has 0 saturated heterocycles. The molecule has 61 valence electrons. The van der Waals surface area contributed by atoms with E-state index in [0.29, 0.717) is 0 Å². The van der Waals surface area contributed by atoms with Gasteiger partial charge in [0.25, 0.3) is 0 Å². The monoisotopic (exact) mass is 241 g/mol. The molecule has 0 heterocycles. The van der Waals surface area contributed by atoms with Gasteiger partial charge in [-0.2, -0.15) is 0 Å². The molecule has 0 fully saturated rings. The van der Waals surface area contributed by atoms with Gasteiger partial charge in [-0.3, -0.25) is 0 Å². The number of hydrogen-bond donors (Lipinski definition) is 0. The molecule has 4 heteroatoms. The van der Waals surface area contributed by atoms with Crippen molar-refractivity contribution in [2.24, 2.45) is 0 Å². The third-order valence-corrected chi connectivity index (χ3v) is 8.18. The topological polar surface area (TPSA) is 0 Å². The molecule has 0 atom stereocenters. The van der Waals surface area contributed by atoms with E-state index in [9.17, 15) is 0 Å². The average molecular weight is 242 g/mol. The molecule has 1 aliphatic rings. The van der Waals surface area contributed by atoms with Gasteiger partial charge in [0.05, 0.1) is 0 Å². The first-order valence-electron chi connectivity index (χ1n) is 3.41. The van der Waals surface area contributed by atoms with Gasteiger partial charge in [-0.1, -0.05) is 0 Å². The second-order valence-electron chi connectivity index (χ2n) is 2.92.